The van der Waals surface area contributed by atoms with E-state index in [1.54, 1.807) is 20.3 Å². The van der Waals surface area contributed by atoms with Crippen LogP contribution in [0.5, 0.6) is 11.5 Å². The number of hydrogen-bond donors (Lipinski definition) is 0. The molecule has 0 aliphatic rings. The highest BCUT2D eigenvalue weighted by atomic mass is 16.5. The lowest BCUT2D eigenvalue weighted by Crippen LogP contribution is -2.07. The van der Waals surface area contributed by atoms with Crippen LogP contribution in [0.3, 0.4) is 0 Å². The largest absolute Gasteiger partial charge is 0.497 e. The number of pyridine rings is 1. The maximum Gasteiger partial charge on any atom is 0.357 e. The van der Waals surface area contributed by atoms with Crippen molar-refractivity contribution >= 4 is 27.6 Å². The Balaban J connectivity index is 1.49. The van der Waals surface area contributed by atoms with Gasteiger partial charge in [-0.3, -0.25) is 0 Å². The van der Waals surface area contributed by atoms with Crippen molar-refractivity contribution in [2.45, 2.75) is 6.61 Å². The minimum atomic E-state index is -0.451. The van der Waals surface area contributed by atoms with E-state index in [1.807, 2.05) is 60.7 Å². The van der Waals surface area contributed by atoms with Crippen molar-refractivity contribution in [2.24, 2.45) is 0 Å². The number of ether oxygens (including phenoxy) is 3. The van der Waals surface area contributed by atoms with Crippen molar-refractivity contribution in [1.82, 2.24) is 4.98 Å². The second kappa shape index (κ2) is 7.56. The lowest BCUT2D eigenvalue weighted by Gasteiger charge is -2.08. The Morgan fingerprint density at radius 2 is 1.43 bits per heavy atom. The fraction of sp³-hybridized carbons (Fsp3) is 0.130. The van der Waals surface area contributed by atoms with Crippen molar-refractivity contribution in [2.75, 3.05) is 14.2 Å². The van der Waals surface area contributed by atoms with Gasteiger partial charge in [0.1, 0.15) is 23.8 Å². The lowest BCUT2D eigenvalue weighted by molar-refractivity contribution is 0.0466. The van der Waals surface area contributed by atoms with Crippen LogP contribution in [-0.2, 0) is 11.3 Å². The molecule has 0 amide bonds. The highest BCUT2D eigenvalue weighted by Gasteiger charge is 2.11. The summed E-state index contributed by atoms with van der Waals surface area (Å²) in [4.78, 5) is 16.8. The van der Waals surface area contributed by atoms with Crippen LogP contribution >= 0.6 is 0 Å². The van der Waals surface area contributed by atoms with Crippen LogP contribution in [0.2, 0.25) is 0 Å². The first kappa shape index (κ1) is 17.8. The first-order chi connectivity index (χ1) is 13.7. The van der Waals surface area contributed by atoms with Crippen LogP contribution in [0.25, 0.3) is 21.7 Å². The number of carbonyl (C=O) groups excluding carboxylic acids is 1. The van der Waals surface area contributed by atoms with Gasteiger partial charge in [-0.1, -0.05) is 24.3 Å². The molecule has 0 aliphatic carbocycles. The molecule has 0 radical (unpaired) electrons. The molecular weight excluding hydrogens is 354 g/mol. The number of benzene rings is 3. The lowest BCUT2D eigenvalue weighted by atomic mass is 10.1. The summed E-state index contributed by atoms with van der Waals surface area (Å²) in [7, 11) is 3.26. The number of nitrogens with zero attached hydrogens (tertiary/aromatic N) is 1. The summed E-state index contributed by atoms with van der Waals surface area (Å²) in [5.74, 6) is 1.11. The Labute approximate surface area is 162 Å². The minimum absolute atomic E-state index is 0.184. The predicted octanol–water partition coefficient (Wildman–Crippen LogP) is 4.76. The van der Waals surface area contributed by atoms with Crippen molar-refractivity contribution < 1.29 is 19.0 Å². The minimum Gasteiger partial charge on any atom is -0.497 e. The second-order valence-corrected chi connectivity index (χ2v) is 6.38. The molecule has 28 heavy (non-hydrogen) atoms. The Hall–Kier alpha value is -3.60. The van der Waals surface area contributed by atoms with Gasteiger partial charge in [-0.25, -0.2) is 9.78 Å². The molecule has 0 spiro atoms. The highest BCUT2D eigenvalue weighted by molar-refractivity contribution is 5.91. The SMILES string of the molecule is COc1ccc2cc(COC(=O)c3ccc4cc(OC)ccc4n3)ccc2c1. The molecule has 5 heteroatoms. The Morgan fingerprint density at radius 3 is 2.21 bits per heavy atom. The van der Waals surface area contributed by atoms with E-state index < -0.39 is 5.97 Å². The zero-order valence-electron chi connectivity index (χ0n) is 15.6. The summed E-state index contributed by atoms with van der Waals surface area (Å²) in [6.45, 7) is 0.184. The molecular formula is C23H19NO4. The molecule has 3 aromatic carbocycles. The van der Waals surface area contributed by atoms with E-state index in [0.29, 0.717) is 0 Å². The zero-order valence-corrected chi connectivity index (χ0v) is 15.6. The Kier molecular flexibility index (Phi) is 4.81. The average Bonchev–Trinajstić information content (AvgIpc) is 2.76. The summed E-state index contributed by atoms with van der Waals surface area (Å²) >= 11 is 0. The predicted molar refractivity (Wildman–Crippen MR) is 108 cm³/mol. The van der Waals surface area contributed by atoms with E-state index in [-0.39, 0.29) is 12.3 Å². The molecule has 0 atom stereocenters. The van der Waals surface area contributed by atoms with Crippen molar-refractivity contribution in [3.63, 3.8) is 0 Å². The Bertz CT molecular complexity index is 1170. The standard InChI is InChI=1S/C23H19NO4/c1-26-19-7-5-16-11-15(3-4-17(16)12-19)14-28-23(25)22-9-6-18-13-20(27-2)8-10-21(18)24-22/h3-13H,14H2,1-2H3. The number of aromatic nitrogens is 1. The van der Waals surface area contributed by atoms with Gasteiger partial charge in [0.2, 0.25) is 0 Å². The molecule has 0 N–H and O–H groups in total. The molecule has 0 aliphatic heterocycles. The van der Waals surface area contributed by atoms with Gasteiger partial charge in [0.05, 0.1) is 19.7 Å². The summed E-state index contributed by atoms with van der Waals surface area (Å²) in [6, 6.07) is 20.8. The van der Waals surface area contributed by atoms with Crippen LogP contribution in [0, 0.1) is 0 Å². The number of rotatable bonds is 5. The van der Waals surface area contributed by atoms with Crippen molar-refractivity contribution in [3.05, 3.63) is 78.0 Å². The van der Waals surface area contributed by atoms with E-state index in [9.17, 15) is 4.79 Å². The van der Waals surface area contributed by atoms with E-state index >= 15 is 0 Å². The van der Waals surface area contributed by atoms with E-state index in [1.165, 1.54) is 0 Å². The van der Waals surface area contributed by atoms with Crippen molar-refractivity contribution in [3.8, 4) is 11.5 Å². The summed E-state index contributed by atoms with van der Waals surface area (Å²) in [5, 5.41) is 3.04. The second-order valence-electron chi connectivity index (χ2n) is 6.38. The number of methoxy groups -OCH3 is 2. The van der Waals surface area contributed by atoms with Crippen LogP contribution < -0.4 is 9.47 Å². The van der Waals surface area contributed by atoms with Crippen molar-refractivity contribution in [1.29, 1.82) is 0 Å². The normalized spacial score (nSPS) is 10.8. The third-order valence-electron chi connectivity index (χ3n) is 4.59. The smallest absolute Gasteiger partial charge is 0.357 e. The van der Waals surface area contributed by atoms with Crippen LogP contribution in [0.15, 0.2) is 66.7 Å². The molecule has 0 saturated carbocycles. The van der Waals surface area contributed by atoms with Gasteiger partial charge in [0.15, 0.2) is 0 Å². The topological polar surface area (TPSA) is 57.7 Å². The van der Waals surface area contributed by atoms with Gasteiger partial charge in [0.25, 0.3) is 0 Å². The highest BCUT2D eigenvalue weighted by Crippen LogP contribution is 2.23. The number of fused-ring (bicyclic) bond motifs is 2. The summed E-state index contributed by atoms with van der Waals surface area (Å²) in [5.41, 5.74) is 1.91. The quantitative estimate of drug-likeness (QED) is 0.472. The van der Waals surface area contributed by atoms with Crippen LogP contribution in [-0.4, -0.2) is 25.2 Å². The molecule has 0 fully saturated rings. The van der Waals surface area contributed by atoms with Gasteiger partial charge in [-0.15, -0.1) is 0 Å². The molecule has 1 aromatic heterocycles. The zero-order chi connectivity index (χ0) is 19.5. The molecule has 4 rings (SSSR count). The van der Waals surface area contributed by atoms with Gasteiger partial charge >= 0.3 is 5.97 Å². The monoisotopic (exact) mass is 373 g/mol. The molecule has 4 aromatic rings. The Morgan fingerprint density at radius 1 is 0.786 bits per heavy atom. The van der Waals surface area contributed by atoms with E-state index in [0.717, 1.165) is 38.7 Å². The molecule has 1 heterocycles. The van der Waals surface area contributed by atoms with Gasteiger partial charge in [-0.05, 0) is 58.8 Å². The van der Waals surface area contributed by atoms with Gasteiger partial charge < -0.3 is 14.2 Å². The molecule has 5 nitrogen and oxygen atoms in total. The summed E-state index contributed by atoms with van der Waals surface area (Å²) < 4.78 is 15.9. The van der Waals surface area contributed by atoms with Crippen LogP contribution in [0.1, 0.15) is 16.1 Å². The maximum atomic E-state index is 12.4. The third-order valence-corrected chi connectivity index (χ3v) is 4.59. The number of carbonyl (C=O) groups is 1. The van der Waals surface area contributed by atoms with E-state index in [4.69, 9.17) is 14.2 Å². The van der Waals surface area contributed by atoms with Gasteiger partial charge in [-0.2, -0.15) is 0 Å². The number of hydrogen-bond acceptors (Lipinski definition) is 5. The first-order valence-electron chi connectivity index (χ1n) is 8.85. The first-order valence-corrected chi connectivity index (χ1v) is 8.85. The van der Waals surface area contributed by atoms with Crippen LogP contribution in [0.4, 0.5) is 0 Å². The molecule has 0 saturated heterocycles. The number of esters is 1. The van der Waals surface area contributed by atoms with Gasteiger partial charge in [0, 0.05) is 5.39 Å². The van der Waals surface area contributed by atoms with E-state index in [2.05, 4.69) is 4.98 Å². The fourth-order valence-electron chi connectivity index (χ4n) is 3.06. The molecule has 0 unspecified atom stereocenters. The fourth-order valence-corrected chi connectivity index (χ4v) is 3.06. The molecule has 0 bridgehead atoms. The third kappa shape index (κ3) is 3.60. The maximum absolute atomic E-state index is 12.4. The molecule has 140 valence electrons. The average molecular weight is 373 g/mol. The summed E-state index contributed by atoms with van der Waals surface area (Å²) in [6.07, 6.45) is 0.